The summed E-state index contributed by atoms with van der Waals surface area (Å²) in [4.78, 5) is 23.5. The molecule has 2 atom stereocenters. The fourth-order valence-electron chi connectivity index (χ4n) is 1.99. The maximum absolute atomic E-state index is 12.2. The number of carboxylic acid groups (broad SMARTS) is 1. The molecule has 5 heteroatoms. The minimum atomic E-state index is -1.51. The van der Waals surface area contributed by atoms with E-state index in [1.165, 1.54) is 6.92 Å². The molecular weight excluding hydrogens is 244 g/mol. The van der Waals surface area contributed by atoms with Crippen molar-refractivity contribution in [3.63, 3.8) is 0 Å². The second-order valence-electron chi connectivity index (χ2n) is 4.84. The van der Waals surface area contributed by atoms with E-state index in [1.54, 1.807) is 0 Å². The average molecular weight is 264 g/mol. The molecule has 0 bridgehead atoms. The van der Waals surface area contributed by atoms with Crippen molar-refractivity contribution in [3.8, 4) is 0 Å². The molecule has 1 rings (SSSR count). The normalized spacial score (nSPS) is 15.5. The van der Waals surface area contributed by atoms with Crippen LogP contribution in [0.3, 0.4) is 0 Å². The summed E-state index contributed by atoms with van der Waals surface area (Å²) >= 11 is 0. The van der Waals surface area contributed by atoms with Gasteiger partial charge in [0.05, 0.1) is 6.04 Å². The lowest BCUT2D eigenvalue weighted by atomic mass is 9.78. The first kappa shape index (κ1) is 15.3. The molecule has 0 heterocycles. The minimum absolute atomic E-state index is 0.0870. The number of ketones is 1. The Morgan fingerprint density at radius 2 is 1.89 bits per heavy atom. The number of carboxylic acids is 1. The smallest absolute Gasteiger partial charge is 0.317 e. The summed E-state index contributed by atoms with van der Waals surface area (Å²) in [5.74, 6) is -1.65. The molecule has 0 amide bonds. The quantitative estimate of drug-likeness (QED) is 0.624. The summed E-state index contributed by atoms with van der Waals surface area (Å²) in [5, 5.41) is 9.22. The van der Waals surface area contributed by atoms with E-state index in [9.17, 15) is 14.7 Å². The second kappa shape index (κ2) is 6.45. The zero-order valence-corrected chi connectivity index (χ0v) is 11.0. The van der Waals surface area contributed by atoms with Crippen LogP contribution in [0.2, 0.25) is 0 Å². The fraction of sp³-hybridized carbons (Fsp3) is 0.429. The van der Waals surface area contributed by atoms with Gasteiger partial charge in [-0.15, -0.1) is 0 Å². The highest BCUT2D eigenvalue weighted by Gasteiger charge is 2.42. The van der Waals surface area contributed by atoms with E-state index in [-0.39, 0.29) is 13.0 Å². The second-order valence-corrected chi connectivity index (χ2v) is 4.84. The molecule has 104 valence electrons. The van der Waals surface area contributed by atoms with Crippen LogP contribution in [0, 0.1) is 5.41 Å². The van der Waals surface area contributed by atoms with Crippen molar-refractivity contribution in [1.29, 1.82) is 0 Å². The van der Waals surface area contributed by atoms with Gasteiger partial charge in [0.1, 0.15) is 5.41 Å². The van der Waals surface area contributed by atoms with Gasteiger partial charge in [-0.25, -0.2) is 0 Å². The number of carbonyl (C=O) groups is 2. The first-order chi connectivity index (χ1) is 8.91. The molecule has 0 aromatic heterocycles. The third-order valence-electron chi connectivity index (χ3n) is 3.30. The first-order valence-electron chi connectivity index (χ1n) is 6.19. The van der Waals surface area contributed by atoms with E-state index in [1.807, 2.05) is 30.3 Å². The third kappa shape index (κ3) is 3.62. The van der Waals surface area contributed by atoms with Gasteiger partial charge in [0, 0.05) is 0 Å². The van der Waals surface area contributed by atoms with Crippen molar-refractivity contribution < 1.29 is 14.7 Å². The lowest BCUT2D eigenvalue weighted by Gasteiger charge is -2.26. The van der Waals surface area contributed by atoms with Crippen LogP contribution in [0.15, 0.2) is 30.3 Å². The molecule has 0 aliphatic rings. The molecule has 0 saturated heterocycles. The van der Waals surface area contributed by atoms with Gasteiger partial charge in [-0.3, -0.25) is 9.59 Å². The SMILES string of the molecule is CC(CCN)(C(=O)O)C(=O)C(N)Cc1ccccc1. The molecule has 5 N–H and O–H groups in total. The van der Waals surface area contributed by atoms with Gasteiger partial charge in [-0.1, -0.05) is 30.3 Å². The molecule has 2 unspecified atom stereocenters. The number of hydrogen-bond donors (Lipinski definition) is 3. The number of nitrogens with two attached hydrogens (primary N) is 2. The first-order valence-corrected chi connectivity index (χ1v) is 6.19. The lowest BCUT2D eigenvalue weighted by molar-refractivity contribution is -0.154. The van der Waals surface area contributed by atoms with E-state index in [0.29, 0.717) is 6.42 Å². The van der Waals surface area contributed by atoms with Crippen LogP contribution in [0.1, 0.15) is 18.9 Å². The van der Waals surface area contributed by atoms with Crippen molar-refractivity contribution >= 4 is 11.8 Å². The van der Waals surface area contributed by atoms with E-state index < -0.39 is 23.2 Å². The van der Waals surface area contributed by atoms with Crippen LogP contribution in [-0.4, -0.2) is 29.4 Å². The van der Waals surface area contributed by atoms with Gasteiger partial charge in [-0.2, -0.15) is 0 Å². The number of aliphatic carboxylic acids is 1. The Morgan fingerprint density at radius 1 is 1.32 bits per heavy atom. The van der Waals surface area contributed by atoms with Crippen molar-refractivity contribution in [1.82, 2.24) is 0 Å². The predicted octanol–water partition coefficient (Wildman–Crippen LogP) is 0.565. The highest BCUT2D eigenvalue weighted by Crippen LogP contribution is 2.24. The molecule has 1 aromatic carbocycles. The Morgan fingerprint density at radius 3 is 2.37 bits per heavy atom. The summed E-state index contributed by atoms with van der Waals surface area (Å²) in [6.07, 6.45) is 0.413. The Kier molecular flexibility index (Phi) is 5.20. The van der Waals surface area contributed by atoms with Gasteiger partial charge in [0.15, 0.2) is 5.78 Å². The molecule has 19 heavy (non-hydrogen) atoms. The molecular formula is C14H20N2O3. The predicted molar refractivity (Wildman–Crippen MR) is 72.5 cm³/mol. The van der Waals surface area contributed by atoms with Gasteiger partial charge in [0.2, 0.25) is 0 Å². The molecule has 0 aliphatic heterocycles. The number of rotatable bonds is 7. The molecule has 0 radical (unpaired) electrons. The minimum Gasteiger partial charge on any atom is -0.481 e. The van der Waals surface area contributed by atoms with Crippen molar-refractivity contribution in [2.75, 3.05) is 6.54 Å². The van der Waals surface area contributed by atoms with Gasteiger partial charge < -0.3 is 16.6 Å². The van der Waals surface area contributed by atoms with E-state index in [2.05, 4.69) is 0 Å². The van der Waals surface area contributed by atoms with Crippen LogP contribution in [0.5, 0.6) is 0 Å². The molecule has 0 aliphatic carbocycles. The number of benzene rings is 1. The molecule has 5 nitrogen and oxygen atoms in total. The summed E-state index contributed by atoms with van der Waals surface area (Å²) in [6.45, 7) is 1.52. The monoisotopic (exact) mass is 264 g/mol. The maximum atomic E-state index is 12.2. The Labute approximate surface area is 112 Å². The highest BCUT2D eigenvalue weighted by atomic mass is 16.4. The van der Waals surface area contributed by atoms with Crippen LogP contribution in [-0.2, 0) is 16.0 Å². The van der Waals surface area contributed by atoms with E-state index in [4.69, 9.17) is 11.5 Å². The van der Waals surface area contributed by atoms with Crippen molar-refractivity contribution in [2.24, 2.45) is 16.9 Å². The summed E-state index contributed by atoms with van der Waals surface area (Å²) in [7, 11) is 0. The highest BCUT2D eigenvalue weighted by molar-refractivity contribution is 6.05. The van der Waals surface area contributed by atoms with Crippen molar-refractivity contribution in [2.45, 2.75) is 25.8 Å². The molecule has 0 fully saturated rings. The topological polar surface area (TPSA) is 106 Å². The number of Topliss-reactive ketones (excluding diaryl/α,β-unsaturated/α-hetero) is 1. The largest absolute Gasteiger partial charge is 0.481 e. The van der Waals surface area contributed by atoms with Gasteiger partial charge in [0.25, 0.3) is 0 Å². The standard InChI is InChI=1S/C14H20N2O3/c1-14(7-8-15,13(18)19)12(17)11(16)9-10-5-3-2-4-6-10/h2-6,11H,7-9,15-16H2,1H3,(H,18,19). The molecule has 0 spiro atoms. The Bertz CT molecular complexity index is 447. The zero-order chi connectivity index (χ0) is 14.5. The van der Waals surface area contributed by atoms with Crippen molar-refractivity contribution in [3.05, 3.63) is 35.9 Å². The number of carbonyl (C=O) groups excluding carboxylic acids is 1. The van der Waals surface area contributed by atoms with E-state index >= 15 is 0 Å². The van der Waals surface area contributed by atoms with Crippen LogP contribution in [0.4, 0.5) is 0 Å². The molecule has 1 aromatic rings. The summed E-state index contributed by atoms with van der Waals surface area (Å²) in [6, 6.07) is 8.44. The van der Waals surface area contributed by atoms with Gasteiger partial charge in [-0.05, 0) is 31.9 Å². The summed E-state index contributed by atoms with van der Waals surface area (Å²) in [5.41, 5.74) is 10.6. The Hall–Kier alpha value is -1.72. The van der Waals surface area contributed by atoms with Crippen LogP contribution in [0.25, 0.3) is 0 Å². The summed E-state index contributed by atoms with van der Waals surface area (Å²) < 4.78 is 0. The Balaban J connectivity index is 2.83. The third-order valence-corrected chi connectivity index (χ3v) is 3.30. The number of hydrogen-bond acceptors (Lipinski definition) is 4. The van der Waals surface area contributed by atoms with E-state index in [0.717, 1.165) is 5.56 Å². The maximum Gasteiger partial charge on any atom is 0.317 e. The van der Waals surface area contributed by atoms with Crippen LogP contribution >= 0.6 is 0 Å². The zero-order valence-electron chi connectivity index (χ0n) is 11.0. The lowest BCUT2D eigenvalue weighted by Crippen LogP contribution is -2.48. The van der Waals surface area contributed by atoms with Crippen LogP contribution < -0.4 is 11.5 Å². The van der Waals surface area contributed by atoms with Gasteiger partial charge >= 0.3 is 5.97 Å². The molecule has 0 saturated carbocycles. The fourth-order valence-corrected chi connectivity index (χ4v) is 1.99. The average Bonchev–Trinajstić information content (AvgIpc) is 2.38.